The van der Waals surface area contributed by atoms with Gasteiger partial charge in [0, 0.05) is 36.6 Å². The summed E-state index contributed by atoms with van der Waals surface area (Å²) in [5.74, 6) is 5.28. The topological polar surface area (TPSA) is 47.0 Å². The second-order valence-corrected chi connectivity index (χ2v) is 6.15. The van der Waals surface area contributed by atoms with Gasteiger partial charge in [0.25, 0.3) is 0 Å². The van der Waals surface area contributed by atoms with Crippen LogP contribution >= 0.6 is 0 Å². The normalized spacial score (nSPS) is 11.7. The molecule has 0 saturated carbocycles. The van der Waals surface area contributed by atoms with Crippen LogP contribution in [0.3, 0.4) is 0 Å². The molecule has 6 heteroatoms. The first-order valence-electron chi connectivity index (χ1n) is 8.50. The summed E-state index contributed by atoms with van der Waals surface area (Å²) in [6, 6.07) is 9.76. The number of rotatable bonds is 5. The van der Waals surface area contributed by atoms with Crippen LogP contribution < -0.4 is 5.32 Å². The van der Waals surface area contributed by atoms with Crippen LogP contribution in [0.5, 0.6) is 0 Å². The van der Waals surface area contributed by atoms with Gasteiger partial charge < -0.3 is 10.1 Å². The number of nitrogens with zero attached hydrogens (tertiary/aromatic N) is 2. The van der Waals surface area contributed by atoms with E-state index in [9.17, 15) is 8.78 Å². The number of aromatic nitrogens is 2. The van der Waals surface area contributed by atoms with Gasteiger partial charge in [-0.1, -0.05) is 30.0 Å². The Morgan fingerprint density at radius 2 is 2.00 bits per heavy atom. The molecule has 0 spiro atoms. The Bertz CT molecular complexity index is 1010. The maximum Gasteiger partial charge on any atom is 0.152 e. The Morgan fingerprint density at radius 1 is 1.19 bits per heavy atom. The maximum atomic E-state index is 13.9. The van der Waals surface area contributed by atoms with Crippen molar-refractivity contribution in [2.45, 2.75) is 26.0 Å². The highest BCUT2D eigenvalue weighted by Gasteiger charge is 2.11. The zero-order valence-corrected chi connectivity index (χ0v) is 15.1. The molecule has 1 N–H and O–H groups in total. The molecule has 1 heterocycles. The molecule has 1 aromatic heterocycles. The van der Waals surface area contributed by atoms with E-state index in [0.29, 0.717) is 24.2 Å². The molecule has 0 bridgehead atoms. The minimum absolute atomic E-state index is 0.0727. The van der Waals surface area contributed by atoms with Gasteiger partial charge >= 0.3 is 0 Å². The van der Waals surface area contributed by atoms with Crippen LogP contribution in [-0.2, 0) is 11.3 Å². The Morgan fingerprint density at radius 3 is 2.81 bits per heavy atom. The summed E-state index contributed by atoms with van der Waals surface area (Å²) < 4.78 is 32.6. The average molecular weight is 367 g/mol. The number of nitrogens with one attached hydrogen (secondary N) is 1. The number of halogens is 2. The largest absolute Gasteiger partial charge is 0.380 e. The number of hydrogen-bond acceptors (Lipinski definition) is 4. The van der Waals surface area contributed by atoms with Crippen molar-refractivity contribution in [3.05, 3.63) is 65.5 Å². The van der Waals surface area contributed by atoms with Crippen molar-refractivity contribution in [3.8, 4) is 11.8 Å². The predicted octanol–water partition coefficient (Wildman–Crippen LogP) is 4.30. The molecule has 0 aliphatic carbocycles. The lowest BCUT2D eigenvalue weighted by atomic mass is 10.1. The third kappa shape index (κ3) is 4.57. The molecule has 2 aromatic carbocycles. The fourth-order valence-electron chi connectivity index (χ4n) is 2.71. The van der Waals surface area contributed by atoms with Gasteiger partial charge in [0.05, 0.1) is 6.61 Å². The van der Waals surface area contributed by atoms with E-state index >= 15 is 0 Å². The highest BCUT2D eigenvalue weighted by Crippen LogP contribution is 2.23. The molecular formula is C21H19F2N3O. The summed E-state index contributed by atoms with van der Waals surface area (Å²) in [6.07, 6.45) is 1.79. The van der Waals surface area contributed by atoms with Gasteiger partial charge in [-0.25, -0.2) is 18.7 Å². The third-order valence-electron chi connectivity index (χ3n) is 3.99. The number of hydrogen-bond donors (Lipinski definition) is 1. The van der Waals surface area contributed by atoms with Crippen molar-refractivity contribution < 1.29 is 13.5 Å². The molecule has 0 saturated heterocycles. The van der Waals surface area contributed by atoms with Crippen LogP contribution in [-0.4, -0.2) is 23.1 Å². The molecule has 1 unspecified atom stereocenters. The van der Waals surface area contributed by atoms with Crippen LogP contribution in [0, 0.1) is 23.5 Å². The van der Waals surface area contributed by atoms with Gasteiger partial charge in [-0.15, -0.1) is 0 Å². The number of ether oxygens (including phenoxy) is 1. The molecule has 138 valence electrons. The second kappa shape index (κ2) is 8.56. The van der Waals surface area contributed by atoms with Gasteiger partial charge in [0.2, 0.25) is 0 Å². The number of anilines is 1. The molecule has 0 aliphatic heterocycles. The lowest BCUT2D eigenvalue weighted by Gasteiger charge is -2.13. The summed E-state index contributed by atoms with van der Waals surface area (Å²) in [6.45, 7) is 2.43. The van der Waals surface area contributed by atoms with E-state index in [1.807, 2.05) is 31.2 Å². The summed E-state index contributed by atoms with van der Waals surface area (Å²) >= 11 is 0. The van der Waals surface area contributed by atoms with Crippen molar-refractivity contribution in [2.75, 3.05) is 12.4 Å². The first-order chi connectivity index (χ1) is 13.1. The Hall–Kier alpha value is -3.04. The highest BCUT2D eigenvalue weighted by molar-refractivity contribution is 5.89. The smallest absolute Gasteiger partial charge is 0.152 e. The van der Waals surface area contributed by atoms with E-state index in [1.165, 1.54) is 12.4 Å². The quantitative estimate of drug-likeness (QED) is 0.683. The predicted molar refractivity (Wildman–Crippen MR) is 101 cm³/mol. The number of benzene rings is 2. The van der Waals surface area contributed by atoms with Crippen molar-refractivity contribution in [3.63, 3.8) is 0 Å². The molecule has 3 rings (SSSR count). The lowest BCUT2D eigenvalue weighted by molar-refractivity contribution is 0.184. The van der Waals surface area contributed by atoms with E-state index in [4.69, 9.17) is 4.74 Å². The summed E-state index contributed by atoms with van der Waals surface area (Å²) in [7, 11) is 1.65. The van der Waals surface area contributed by atoms with Crippen molar-refractivity contribution in [1.82, 2.24) is 9.97 Å². The average Bonchev–Trinajstić information content (AvgIpc) is 2.64. The van der Waals surface area contributed by atoms with Crippen molar-refractivity contribution in [2.24, 2.45) is 0 Å². The summed E-state index contributed by atoms with van der Waals surface area (Å²) in [5.41, 5.74) is 2.03. The number of methoxy groups -OCH3 is 1. The van der Waals surface area contributed by atoms with Crippen LogP contribution in [0.25, 0.3) is 10.9 Å². The van der Waals surface area contributed by atoms with Crippen LogP contribution in [0.2, 0.25) is 0 Å². The molecule has 0 radical (unpaired) electrons. The zero-order valence-electron chi connectivity index (χ0n) is 15.1. The van der Waals surface area contributed by atoms with Crippen molar-refractivity contribution >= 4 is 16.7 Å². The van der Waals surface area contributed by atoms with Gasteiger partial charge in [-0.2, -0.15) is 0 Å². The Labute approximate surface area is 156 Å². The van der Waals surface area contributed by atoms with Gasteiger partial charge in [0.15, 0.2) is 5.82 Å². The third-order valence-corrected chi connectivity index (χ3v) is 3.99. The molecule has 4 nitrogen and oxygen atoms in total. The fourth-order valence-corrected chi connectivity index (χ4v) is 2.71. The van der Waals surface area contributed by atoms with Crippen LogP contribution in [0.15, 0.2) is 42.7 Å². The minimum atomic E-state index is -0.711. The Kier molecular flexibility index (Phi) is 5.94. The molecule has 0 fully saturated rings. The standard InChI is InChI=1S/C21H19F2N3O/c1-14(6-5-9-15-7-3-4-8-16(15)12-27-2)26-21-18-10-17(22)11-19(23)20(18)24-13-25-21/h3-4,7-8,10-11,13-14H,6,12H2,1-2H3,(H,24,25,26). The van der Waals surface area contributed by atoms with Gasteiger partial charge in [-0.05, 0) is 24.6 Å². The van der Waals surface area contributed by atoms with E-state index < -0.39 is 11.6 Å². The van der Waals surface area contributed by atoms with E-state index in [0.717, 1.165) is 17.2 Å². The number of fused-ring (bicyclic) bond motifs is 1. The molecule has 0 aliphatic rings. The SMILES string of the molecule is COCc1ccccc1C#CCC(C)Nc1ncnc2c(F)cc(F)cc12. The van der Waals surface area contributed by atoms with Crippen LogP contribution in [0.1, 0.15) is 24.5 Å². The Balaban J connectivity index is 1.75. The molecule has 27 heavy (non-hydrogen) atoms. The van der Waals surface area contributed by atoms with Crippen LogP contribution in [0.4, 0.5) is 14.6 Å². The van der Waals surface area contributed by atoms with E-state index in [2.05, 4.69) is 27.1 Å². The first kappa shape index (κ1) is 18.7. The molecular weight excluding hydrogens is 348 g/mol. The zero-order chi connectivity index (χ0) is 19.2. The van der Waals surface area contributed by atoms with Gasteiger partial charge in [0.1, 0.15) is 23.5 Å². The fraction of sp³-hybridized carbons (Fsp3) is 0.238. The van der Waals surface area contributed by atoms with Crippen molar-refractivity contribution in [1.29, 1.82) is 0 Å². The lowest BCUT2D eigenvalue weighted by Crippen LogP contribution is -2.15. The summed E-state index contributed by atoms with van der Waals surface area (Å²) in [4.78, 5) is 8.00. The summed E-state index contributed by atoms with van der Waals surface area (Å²) in [5, 5.41) is 3.46. The second-order valence-electron chi connectivity index (χ2n) is 6.15. The first-order valence-corrected chi connectivity index (χ1v) is 8.50. The molecule has 0 amide bonds. The van der Waals surface area contributed by atoms with E-state index in [1.54, 1.807) is 7.11 Å². The molecule has 1 atom stereocenters. The van der Waals surface area contributed by atoms with E-state index in [-0.39, 0.29) is 11.6 Å². The van der Waals surface area contributed by atoms with Gasteiger partial charge in [-0.3, -0.25) is 0 Å². The highest BCUT2D eigenvalue weighted by atomic mass is 19.1. The minimum Gasteiger partial charge on any atom is -0.380 e. The maximum absolute atomic E-state index is 13.9. The monoisotopic (exact) mass is 367 g/mol. The molecule has 3 aromatic rings.